The Morgan fingerprint density at radius 3 is 1.69 bits per heavy atom. The molecule has 5 atom stereocenters. The summed E-state index contributed by atoms with van der Waals surface area (Å²) in [4.78, 5) is 21.8. The number of aliphatic hydroxyl groups excluding tert-OH is 7. The highest BCUT2D eigenvalue weighted by Crippen LogP contribution is 2.10. The molecule has 0 radical (unpaired) electrons. The van der Waals surface area contributed by atoms with E-state index in [9.17, 15) is 9.59 Å². The lowest BCUT2D eigenvalue weighted by atomic mass is 10.0. The predicted octanol–water partition coefficient (Wildman–Crippen LogP) is -0.185. The number of rotatable bonds is 18. The number of ether oxygens (including phenoxy) is 1. The maximum absolute atomic E-state index is 11.3. The lowest BCUT2D eigenvalue weighted by molar-refractivity contribution is -0.147. The van der Waals surface area contributed by atoms with Gasteiger partial charge in [-0.25, -0.2) is 0 Å². The lowest BCUT2D eigenvalue weighted by Crippen LogP contribution is -2.48. The molecule has 0 rings (SSSR count). The van der Waals surface area contributed by atoms with Crippen molar-refractivity contribution in [1.29, 1.82) is 0 Å². The summed E-state index contributed by atoms with van der Waals surface area (Å²) in [6.45, 7) is 2.02. The molecular weight excluding hydrogens is 424 g/mol. The van der Waals surface area contributed by atoms with Crippen molar-refractivity contribution in [2.75, 3.05) is 19.8 Å². The quantitative estimate of drug-likeness (QED) is 0.105. The van der Waals surface area contributed by atoms with Gasteiger partial charge in [0.25, 0.3) is 0 Å². The number of esters is 1. The third-order valence-corrected chi connectivity index (χ3v) is 4.80. The van der Waals surface area contributed by atoms with Gasteiger partial charge in [0.05, 0.1) is 13.2 Å². The van der Waals surface area contributed by atoms with Gasteiger partial charge in [0.2, 0.25) is 0 Å². The Morgan fingerprint density at radius 2 is 1.25 bits per heavy atom. The average Bonchev–Trinajstić information content (AvgIpc) is 2.79. The molecular formula is C22H44O10. The van der Waals surface area contributed by atoms with Gasteiger partial charge in [-0.05, 0) is 13.3 Å². The van der Waals surface area contributed by atoms with Gasteiger partial charge in [0.15, 0.2) is 5.78 Å². The van der Waals surface area contributed by atoms with Crippen LogP contribution in [0.4, 0.5) is 0 Å². The summed E-state index contributed by atoms with van der Waals surface area (Å²) >= 11 is 0. The van der Waals surface area contributed by atoms with Crippen LogP contribution in [0.2, 0.25) is 0 Å². The first-order valence-electron chi connectivity index (χ1n) is 11.4. The molecule has 7 N–H and O–H groups in total. The second kappa shape index (κ2) is 21.7. The molecule has 0 bridgehead atoms. The minimum Gasteiger partial charge on any atom is -0.463 e. The molecule has 192 valence electrons. The summed E-state index contributed by atoms with van der Waals surface area (Å²) in [5, 5.41) is 61.9. The number of carbonyl (C=O) groups is 2. The van der Waals surface area contributed by atoms with Crippen LogP contribution in [0.3, 0.4) is 0 Å². The molecule has 0 spiro atoms. The number of carbonyl (C=O) groups excluding carboxylic acids is 2. The molecule has 0 aliphatic rings. The first kappa shape index (κ1) is 33.0. The van der Waals surface area contributed by atoms with Crippen molar-refractivity contribution < 1.29 is 50.1 Å². The van der Waals surface area contributed by atoms with Crippen molar-refractivity contribution in [1.82, 2.24) is 0 Å². The monoisotopic (exact) mass is 468 g/mol. The molecule has 0 saturated heterocycles. The molecule has 10 heteroatoms. The van der Waals surface area contributed by atoms with E-state index in [0.29, 0.717) is 6.42 Å². The fourth-order valence-electron chi connectivity index (χ4n) is 2.66. The van der Waals surface area contributed by atoms with E-state index >= 15 is 0 Å². The van der Waals surface area contributed by atoms with E-state index in [2.05, 4.69) is 6.92 Å². The highest BCUT2D eigenvalue weighted by molar-refractivity contribution is 5.80. The highest BCUT2D eigenvalue weighted by atomic mass is 16.5. The molecule has 0 aromatic carbocycles. The van der Waals surface area contributed by atoms with Crippen LogP contribution in [-0.4, -0.2) is 97.8 Å². The van der Waals surface area contributed by atoms with E-state index in [4.69, 9.17) is 40.5 Å². The number of hydrogen-bond donors (Lipinski definition) is 7. The van der Waals surface area contributed by atoms with Crippen molar-refractivity contribution in [3.63, 3.8) is 0 Å². The van der Waals surface area contributed by atoms with Crippen molar-refractivity contribution in [3.8, 4) is 0 Å². The average molecular weight is 469 g/mol. The van der Waals surface area contributed by atoms with Crippen LogP contribution in [-0.2, 0) is 14.3 Å². The summed E-state index contributed by atoms with van der Waals surface area (Å²) in [5.74, 6) is -1.01. The first-order valence-corrected chi connectivity index (χ1v) is 11.4. The number of aliphatic hydroxyl groups is 7. The van der Waals surface area contributed by atoms with Crippen LogP contribution in [0, 0.1) is 0 Å². The van der Waals surface area contributed by atoms with Gasteiger partial charge >= 0.3 is 5.97 Å². The molecule has 0 heterocycles. The Kier molecular flexibility index (Phi) is 22.4. The maximum atomic E-state index is 11.3. The number of Topliss-reactive ketones (excluding diaryl/α,β-unsaturated/α-hetero) is 1. The lowest BCUT2D eigenvalue weighted by Gasteiger charge is -2.23. The molecule has 0 aromatic heterocycles. The SMILES string of the molecule is CC(=O)[C@H](O)[C@@H](O)[C@H](O)[C@H](O)CO.CCCCCCCCCCCC(=O)OCC(O)CO. The number of ketones is 1. The third-order valence-electron chi connectivity index (χ3n) is 4.80. The highest BCUT2D eigenvalue weighted by Gasteiger charge is 2.32. The van der Waals surface area contributed by atoms with Crippen LogP contribution in [0.25, 0.3) is 0 Å². The standard InChI is InChI=1S/C15H30O4.C7H14O6/c1-2-3-4-5-6-7-8-9-10-11-15(18)19-13-14(17)12-16;1-3(9)5(11)7(13)6(12)4(10)2-8/h14,16-17H,2-13H2,1H3;4-8,10-13H,2H2,1H3/t;4-,5+,6-,7-/m.1/s1. The summed E-state index contributed by atoms with van der Waals surface area (Å²) in [5.41, 5.74) is 0. The zero-order chi connectivity index (χ0) is 24.9. The minimum atomic E-state index is -1.79. The summed E-state index contributed by atoms with van der Waals surface area (Å²) < 4.78 is 4.82. The normalized spacial score (nSPS) is 15.7. The van der Waals surface area contributed by atoms with Crippen molar-refractivity contribution >= 4 is 11.8 Å². The van der Waals surface area contributed by atoms with Crippen molar-refractivity contribution in [2.24, 2.45) is 0 Å². The topological polar surface area (TPSA) is 185 Å². The minimum absolute atomic E-state index is 0.104. The first-order chi connectivity index (χ1) is 15.1. The third kappa shape index (κ3) is 18.4. The van der Waals surface area contributed by atoms with Crippen LogP contribution < -0.4 is 0 Å². The summed E-state index contributed by atoms with van der Waals surface area (Å²) in [6.07, 6.45) is 3.52. The molecule has 10 nitrogen and oxygen atoms in total. The van der Waals surface area contributed by atoms with E-state index in [1.54, 1.807) is 0 Å². The van der Waals surface area contributed by atoms with E-state index in [-0.39, 0.29) is 19.2 Å². The zero-order valence-electron chi connectivity index (χ0n) is 19.4. The van der Waals surface area contributed by atoms with Crippen LogP contribution in [0.15, 0.2) is 0 Å². The van der Waals surface area contributed by atoms with E-state index < -0.39 is 42.9 Å². The fraction of sp³-hybridized carbons (Fsp3) is 0.909. The van der Waals surface area contributed by atoms with Gasteiger partial charge in [0.1, 0.15) is 37.1 Å². The summed E-state index contributed by atoms with van der Waals surface area (Å²) in [6, 6.07) is 0. The maximum Gasteiger partial charge on any atom is 0.305 e. The van der Waals surface area contributed by atoms with Gasteiger partial charge in [-0.1, -0.05) is 58.3 Å². The molecule has 0 aliphatic carbocycles. The Balaban J connectivity index is 0. The van der Waals surface area contributed by atoms with Gasteiger partial charge in [-0.15, -0.1) is 0 Å². The van der Waals surface area contributed by atoms with Gasteiger partial charge in [-0.2, -0.15) is 0 Å². The van der Waals surface area contributed by atoms with E-state index in [1.807, 2.05) is 0 Å². The van der Waals surface area contributed by atoms with E-state index in [0.717, 1.165) is 19.8 Å². The number of unbranched alkanes of at least 4 members (excludes halogenated alkanes) is 8. The molecule has 1 unspecified atom stereocenters. The van der Waals surface area contributed by atoms with Crippen LogP contribution >= 0.6 is 0 Å². The molecule has 32 heavy (non-hydrogen) atoms. The molecule has 0 aromatic rings. The summed E-state index contributed by atoms with van der Waals surface area (Å²) in [7, 11) is 0. The largest absolute Gasteiger partial charge is 0.463 e. The van der Waals surface area contributed by atoms with Gasteiger partial charge in [-0.3, -0.25) is 9.59 Å². The number of hydrogen-bond acceptors (Lipinski definition) is 10. The Labute approximate surface area is 190 Å². The molecule has 0 fully saturated rings. The van der Waals surface area contributed by atoms with Crippen LogP contribution in [0.1, 0.15) is 78.1 Å². The fourth-order valence-corrected chi connectivity index (χ4v) is 2.66. The van der Waals surface area contributed by atoms with Gasteiger partial charge in [0, 0.05) is 6.42 Å². The van der Waals surface area contributed by atoms with Crippen LogP contribution in [0.5, 0.6) is 0 Å². The van der Waals surface area contributed by atoms with E-state index in [1.165, 1.54) is 44.9 Å². The van der Waals surface area contributed by atoms with Gasteiger partial charge < -0.3 is 40.5 Å². The molecule has 0 aliphatic heterocycles. The van der Waals surface area contributed by atoms with Crippen molar-refractivity contribution in [3.05, 3.63) is 0 Å². The Morgan fingerprint density at radius 1 is 0.750 bits per heavy atom. The predicted molar refractivity (Wildman–Crippen MR) is 118 cm³/mol. The zero-order valence-corrected chi connectivity index (χ0v) is 19.4. The second-order valence-electron chi connectivity index (χ2n) is 7.88. The second-order valence-corrected chi connectivity index (χ2v) is 7.88. The Hall–Kier alpha value is -1.14. The Bertz CT molecular complexity index is 460. The van der Waals surface area contributed by atoms with Crippen molar-refractivity contribution in [2.45, 2.75) is 109 Å². The molecule has 0 amide bonds. The smallest absolute Gasteiger partial charge is 0.305 e. The molecule has 0 saturated carbocycles.